The van der Waals surface area contributed by atoms with Crippen LogP contribution in [-0.2, 0) is 16.1 Å². The molecule has 0 aliphatic rings. The number of nitrogens with zero attached hydrogens (tertiary/aromatic N) is 4. The molecular formula is C22H27N5O3S2. The van der Waals surface area contributed by atoms with Crippen LogP contribution in [0.15, 0.2) is 35.5 Å². The molecule has 0 aliphatic heterocycles. The quantitative estimate of drug-likeness (QED) is 0.366. The molecule has 0 aliphatic carbocycles. The van der Waals surface area contributed by atoms with Gasteiger partial charge in [-0.2, -0.15) is 0 Å². The fraction of sp³-hybridized carbons (Fsp3) is 0.364. The highest BCUT2D eigenvalue weighted by atomic mass is 32.2. The van der Waals surface area contributed by atoms with Crippen LogP contribution in [0.5, 0.6) is 0 Å². The van der Waals surface area contributed by atoms with E-state index in [-0.39, 0.29) is 18.3 Å². The van der Waals surface area contributed by atoms with E-state index in [4.69, 9.17) is 4.74 Å². The first-order valence-electron chi connectivity index (χ1n) is 10.2. The summed E-state index contributed by atoms with van der Waals surface area (Å²) in [5.41, 5.74) is 2.45. The zero-order valence-corrected chi connectivity index (χ0v) is 20.5. The maximum atomic E-state index is 12.6. The number of hydrogen-bond donors (Lipinski definition) is 1. The summed E-state index contributed by atoms with van der Waals surface area (Å²) in [5.74, 6) is 0.260. The smallest absolute Gasteiger partial charge is 0.341 e. The molecule has 32 heavy (non-hydrogen) atoms. The van der Waals surface area contributed by atoms with Crippen LogP contribution in [0.2, 0.25) is 0 Å². The van der Waals surface area contributed by atoms with Crippen LogP contribution in [0.3, 0.4) is 0 Å². The van der Waals surface area contributed by atoms with Crippen molar-refractivity contribution in [2.24, 2.45) is 0 Å². The van der Waals surface area contributed by atoms with E-state index >= 15 is 0 Å². The molecule has 2 heterocycles. The van der Waals surface area contributed by atoms with Crippen LogP contribution >= 0.6 is 23.1 Å². The predicted octanol–water partition coefficient (Wildman–Crippen LogP) is 4.31. The lowest BCUT2D eigenvalue weighted by Crippen LogP contribution is -2.16. The van der Waals surface area contributed by atoms with Gasteiger partial charge in [0.2, 0.25) is 5.91 Å². The molecule has 10 heteroatoms. The largest absolute Gasteiger partial charge is 0.462 e. The molecule has 2 aromatic heterocycles. The van der Waals surface area contributed by atoms with Gasteiger partial charge in [-0.05, 0) is 51.1 Å². The lowest BCUT2D eigenvalue weighted by Gasteiger charge is -2.13. The van der Waals surface area contributed by atoms with Gasteiger partial charge < -0.3 is 19.5 Å². The van der Waals surface area contributed by atoms with Crippen molar-refractivity contribution in [3.8, 4) is 11.4 Å². The van der Waals surface area contributed by atoms with Crippen LogP contribution < -0.4 is 10.2 Å². The van der Waals surface area contributed by atoms with Gasteiger partial charge >= 0.3 is 5.97 Å². The summed E-state index contributed by atoms with van der Waals surface area (Å²) in [5, 5.41) is 12.6. The van der Waals surface area contributed by atoms with Crippen molar-refractivity contribution in [2.75, 3.05) is 36.7 Å². The number of thioether (sulfide) groups is 1. The number of aryl methyl sites for hydroxylation is 1. The third-order valence-electron chi connectivity index (χ3n) is 4.61. The number of carbonyl (C=O) groups excluding carboxylic acids is 2. The number of esters is 1. The highest BCUT2D eigenvalue weighted by Gasteiger charge is 2.19. The topological polar surface area (TPSA) is 89.3 Å². The van der Waals surface area contributed by atoms with Crippen LogP contribution in [0.25, 0.3) is 11.4 Å². The molecule has 170 valence electrons. The molecule has 0 saturated heterocycles. The third-order valence-corrected chi connectivity index (χ3v) is 6.54. The van der Waals surface area contributed by atoms with Gasteiger partial charge in [-0.1, -0.05) is 11.8 Å². The number of amides is 1. The van der Waals surface area contributed by atoms with Crippen molar-refractivity contribution in [1.82, 2.24) is 14.8 Å². The summed E-state index contributed by atoms with van der Waals surface area (Å²) < 4.78 is 7.06. The summed E-state index contributed by atoms with van der Waals surface area (Å²) in [6.07, 6.45) is 0. The highest BCUT2D eigenvalue weighted by Crippen LogP contribution is 2.29. The normalized spacial score (nSPS) is 10.8. The summed E-state index contributed by atoms with van der Waals surface area (Å²) in [6, 6.07) is 9.83. The molecule has 8 nitrogen and oxygen atoms in total. The van der Waals surface area contributed by atoms with Crippen LogP contribution in [-0.4, -0.2) is 53.1 Å². The first-order chi connectivity index (χ1) is 15.3. The van der Waals surface area contributed by atoms with Gasteiger partial charge in [0.1, 0.15) is 5.00 Å². The molecule has 0 spiro atoms. The minimum absolute atomic E-state index is 0.150. The first-order valence-corrected chi connectivity index (χ1v) is 12.0. The van der Waals surface area contributed by atoms with E-state index in [1.165, 1.54) is 23.1 Å². The summed E-state index contributed by atoms with van der Waals surface area (Å²) in [7, 11) is 3.99. The second-order valence-electron chi connectivity index (χ2n) is 7.15. The van der Waals surface area contributed by atoms with E-state index in [9.17, 15) is 9.59 Å². The van der Waals surface area contributed by atoms with Gasteiger partial charge in [0.15, 0.2) is 11.0 Å². The Hall–Kier alpha value is -2.85. The monoisotopic (exact) mass is 473 g/mol. The minimum Gasteiger partial charge on any atom is -0.462 e. The Morgan fingerprint density at radius 3 is 2.53 bits per heavy atom. The van der Waals surface area contributed by atoms with Gasteiger partial charge in [-0.15, -0.1) is 21.5 Å². The lowest BCUT2D eigenvalue weighted by molar-refractivity contribution is -0.113. The molecule has 0 saturated carbocycles. The average molecular weight is 474 g/mol. The molecule has 1 N–H and O–H groups in total. The fourth-order valence-corrected chi connectivity index (χ4v) is 4.78. The van der Waals surface area contributed by atoms with Crippen molar-refractivity contribution < 1.29 is 14.3 Å². The van der Waals surface area contributed by atoms with Crippen LogP contribution in [0.1, 0.15) is 29.1 Å². The van der Waals surface area contributed by atoms with Crippen molar-refractivity contribution in [1.29, 1.82) is 0 Å². The van der Waals surface area contributed by atoms with E-state index < -0.39 is 5.97 Å². The Morgan fingerprint density at radius 1 is 1.19 bits per heavy atom. The molecule has 0 bridgehead atoms. The Labute approximate surface area is 196 Å². The maximum Gasteiger partial charge on any atom is 0.341 e. The first kappa shape index (κ1) is 23.8. The summed E-state index contributed by atoms with van der Waals surface area (Å²) in [4.78, 5) is 27.6. The zero-order valence-electron chi connectivity index (χ0n) is 18.8. The van der Waals surface area contributed by atoms with E-state index in [0.717, 1.165) is 22.0 Å². The zero-order chi connectivity index (χ0) is 23.3. The Morgan fingerprint density at radius 2 is 1.91 bits per heavy atom. The van der Waals surface area contributed by atoms with E-state index in [1.54, 1.807) is 13.0 Å². The molecule has 0 fully saturated rings. The fourth-order valence-electron chi connectivity index (χ4n) is 3.06. The Kier molecular flexibility index (Phi) is 7.92. The SMILES string of the molecule is CCOC(=O)c1cc(C)sc1NC(=O)CSc1nnc(-c2ccc(N(C)C)cc2)n1CC. The number of ether oxygens (including phenoxy) is 1. The molecule has 0 radical (unpaired) electrons. The van der Waals surface area contributed by atoms with E-state index in [2.05, 4.69) is 15.5 Å². The summed E-state index contributed by atoms with van der Waals surface area (Å²) >= 11 is 2.66. The van der Waals surface area contributed by atoms with Gasteiger partial charge in [0.25, 0.3) is 0 Å². The number of aromatic nitrogens is 3. The molecule has 3 rings (SSSR count). The van der Waals surface area contributed by atoms with Crippen molar-refractivity contribution in [3.63, 3.8) is 0 Å². The number of nitrogens with one attached hydrogen (secondary N) is 1. The highest BCUT2D eigenvalue weighted by molar-refractivity contribution is 7.99. The maximum absolute atomic E-state index is 12.6. The van der Waals surface area contributed by atoms with Gasteiger partial charge in [-0.25, -0.2) is 4.79 Å². The second-order valence-corrected chi connectivity index (χ2v) is 9.35. The van der Waals surface area contributed by atoms with Crippen LogP contribution in [0, 0.1) is 6.92 Å². The molecule has 3 aromatic rings. The number of thiophene rings is 1. The summed E-state index contributed by atoms with van der Waals surface area (Å²) in [6.45, 7) is 6.61. The number of benzene rings is 1. The number of rotatable bonds is 9. The third kappa shape index (κ3) is 5.49. The molecule has 0 atom stereocenters. The van der Waals surface area contributed by atoms with Gasteiger partial charge in [0, 0.05) is 36.8 Å². The van der Waals surface area contributed by atoms with E-state index in [1.807, 2.05) is 61.7 Å². The van der Waals surface area contributed by atoms with Crippen LogP contribution in [0.4, 0.5) is 10.7 Å². The second kappa shape index (κ2) is 10.6. The van der Waals surface area contributed by atoms with Gasteiger partial charge in [-0.3, -0.25) is 4.79 Å². The van der Waals surface area contributed by atoms with Crippen molar-refractivity contribution in [3.05, 3.63) is 40.8 Å². The molecule has 1 amide bonds. The minimum atomic E-state index is -0.435. The molecule has 0 unspecified atom stereocenters. The van der Waals surface area contributed by atoms with Gasteiger partial charge in [0.05, 0.1) is 17.9 Å². The Bertz CT molecular complexity index is 1090. The molecular weight excluding hydrogens is 446 g/mol. The van der Waals surface area contributed by atoms with Crippen molar-refractivity contribution in [2.45, 2.75) is 32.5 Å². The van der Waals surface area contributed by atoms with Crippen molar-refractivity contribution >= 4 is 45.7 Å². The number of hydrogen-bond acceptors (Lipinski definition) is 8. The van der Waals surface area contributed by atoms with E-state index in [0.29, 0.717) is 22.3 Å². The average Bonchev–Trinajstić information content (AvgIpc) is 3.35. The number of carbonyl (C=O) groups is 2. The standard InChI is InChI=1S/C22H27N5O3S2/c1-6-27-19(15-8-10-16(11-9-15)26(4)5)24-25-22(27)31-13-18(28)23-20-17(12-14(3)32-20)21(29)30-7-2/h8-12H,6-7,13H2,1-5H3,(H,23,28). The molecule has 1 aromatic carbocycles. The predicted molar refractivity (Wildman–Crippen MR) is 130 cm³/mol. The lowest BCUT2D eigenvalue weighted by atomic mass is 10.2. The number of anilines is 2. The Balaban J connectivity index is 1.69.